The molecule has 0 amide bonds. The molecule has 0 bridgehead atoms. The maximum atomic E-state index is 6.33. The van der Waals surface area contributed by atoms with Crippen LogP contribution in [-0.2, 0) is 0 Å². The molecular weight excluding hydrogens is 262 g/mol. The summed E-state index contributed by atoms with van der Waals surface area (Å²) in [6.07, 6.45) is 5.00. The van der Waals surface area contributed by atoms with Crippen molar-refractivity contribution in [2.75, 3.05) is 13.7 Å². The summed E-state index contributed by atoms with van der Waals surface area (Å²) in [5, 5.41) is 0.701. The van der Waals surface area contributed by atoms with Crippen LogP contribution in [0.15, 0.2) is 12.1 Å². The van der Waals surface area contributed by atoms with Crippen LogP contribution >= 0.6 is 11.6 Å². The van der Waals surface area contributed by atoms with Gasteiger partial charge in [0.2, 0.25) is 0 Å². The summed E-state index contributed by atoms with van der Waals surface area (Å²) >= 11 is 6.33. The second kappa shape index (κ2) is 6.49. The molecule has 2 rings (SSSR count). The number of rotatable bonds is 5. The third kappa shape index (κ3) is 3.34. The van der Waals surface area contributed by atoms with E-state index in [1.54, 1.807) is 7.11 Å². The Morgan fingerprint density at radius 1 is 1.32 bits per heavy atom. The van der Waals surface area contributed by atoms with Crippen LogP contribution < -0.4 is 15.2 Å². The number of nitrogens with two attached hydrogens (primary N) is 1. The van der Waals surface area contributed by atoms with E-state index in [0.29, 0.717) is 17.7 Å². The molecule has 1 unspecified atom stereocenters. The Balaban J connectivity index is 2.25. The summed E-state index contributed by atoms with van der Waals surface area (Å²) in [7, 11) is 1.65. The van der Waals surface area contributed by atoms with Crippen molar-refractivity contribution in [2.45, 2.75) is 44.6 Å². The average molecular weight is 284 g/mol. The van der Waals surface area contributed by atoms with Crippen molar-refractivity contribution in [3.63, 3.8) is 0 Å². The smallest absolute Gasteiger partial charge is 0.163 e. The minimum atomic E-state index is 0.210. The molecule has 19 heavy (non-hydrogen) atoms. The van der Waals surface area contributed by atoms with Gasteiger partial charge in [0.1, 0.15) is 0 Å². The van der Waals surface area contributed by atoms with Crippen LogP contribution in [0.4, 0.5) is 0 Å². The first kappa shape index (κ1) is 14.5. The van der Waals surface area contributed by atoms with Crippen molar-refractivity contribution in [1.29, 1.82) is 0 Å². The van der Waals surface area contributed by atoms with E-state index < -0.39 is 0 Å². The molecule has 3 nitrogen and oxygen atoms in total. The lowest BCUT2D eigenvalue weighted by atomic mass is 10.0. The Kier molecular flexibility index (Phi) is 4.94. The Morgan fingerprint density at radius 2 is 2.00 bits per heavy atom. The molecule has 0 aliphatic heterocycles. The van der Waals surface area contributed by atoms with Crippen molar-refractivity contribution in [3.8, 4) is 11.5 Å². The van der Waals surface area contributed by atoms with Crippen LogP contribution in [0, 0.1) is 0 Å². The van der Waals surface area contributed by atoms with Gasteiger partial charge >= 0.3 is 0 Å². The lowest BCUT2D eigenvalue weighted by Gasteiger charge is -2.19. The zero-order valence-corrected chi connectivity index (χ0v) is 12.4. The molecule has 1 fully saturated rings. The van der Waals surface area contributed by atoms with Crippen LogP contribution in [0.1, 0.15) is 44.1 Å². The molecule has 0 radical (unpaired) electrons. The van der Waals surface area contributed by atoms with E-state index in [2.05, 4.69) is 6.92 Å². The fourth-order valence-electron chi connectivity index (χ4n) is 2.49. The number of ether oxygens (including phenoxy) is 2. The van der Waals surface area contributed by atoms with Gasteiger partial charge in [-0.05, 0) is 49.8 Å². The Bertz CT molecular complexity index is 430. The molecule has 1 aliphatic rings. The Morgan fingerprint density at radius 3 is 2.58 bits per heavy atom. The molecular formula is C15H22ClNO2. The predicted molar refractivity (Wildman–Crippen MR) is 78.4 cm³/mol. The van der Waals surface area contributed by atoms with Crippen molar-refractivity contribution >= 4 is 11.6 Å². The molecule has 0 spiro atoms. The average Bonchev–Trinajstić information content (AvgIpc) is 2.91. The molecule has 1 aromatic rings. The fourth-order valence-corrected chi connectivity index (χ4v) is 2.83. The van der Waals surface area contributed by atoms with E-state index in [-0.39, 0.29) is 5.92 Å². The van der Waals surface area contributed by atoms with E-state index in [0.717, 1.165) is 29.9 Å². The minimum Gasteiger partial charge on any atom is -0.493 e. The lowest BCUT2D eigenvalue weighted by molar-refractivity contribution is 0.200. The van der Waals surface area contributed by atoms with Gasteiger partial charge in [-0.2, -0.15) is 0 Å². The highest BCUT2D eigenvalue weighted by molar-refractivity contribution is 6.31. The third-order valence-electron chi connectivity index (χ3n) is 3.76. The van der Waals surface area contributed by atoms with Crippen LogP contribution in [0.2, 0.25) is 5.02 Å². The van der Waals surface area contributed by atoms with Gasteiger partial charge in [-0.1, -0.05) is 18.5 Å². The van der Waals surface area contributed by atoms with Crippen molar-refractivity contribution < 1.29 is 9.47 Å². The number of methoxy groups -OCH3 is 1. The molecule has 4 heteroatoms. The third-order valence-corrected chi connectivity index (χ3v) is 4.09. The van der Waals surface area contributed by atoms with Gasteiger partial charge in [0.25, 0.3) is 0 Å². The molecule has 2 N–H and O–H groups in total. The highest BCUT2D eigenvalue weighted by atomic mass is 35.5. The lowest BCUT2D eigenvalue weighted by Crippen LogP contribution is -2.13. The SMILES string of the molecule is COc1cc(C(C)CN)c(Cl)cc1OC1CCCC1. The standard InChI is InChI=1S/C15H22ClNO2/c1-10(9-17)12-7-14(18-2)15(8-13(12)16)19-11-5-3-4-6-11/h7-8,10-11H,3-6,9,17H2,1-2H3. The highest BCUT2D eigenvalue weighted by Gasteiger charge is 2.20. The van der Waals surface area contributed by atoms with Gasteiger partial charge in [-0.15, -0.1) is 0 Å². The van der Waals surface area contributed by atoms with Gasteiger partial charge in [0.15, 0.2) is 11.5 Å². The van der Waals surface area contributed by atoms with Crippen molar-refractivity contribution in [1.82, 2.24) is 0 Å². The molecule has 0 saturated heterocycles. The first-order chi connectivity index (χ1) is 9.15. The van der Waals surface area contributed by atoms with Crippen LogP contribution in [-0.4, -0.2) is 19.8 Å². The van der Waals surface area contributed by atoms with E-state index in [4.69, 9.17) is 26.8 Å². The normalized spacial score (nSPS) is 17.5. The molecule has 0 heterocycles. The molecule has 1 aliphatic carbocycles. The fraction of sp³-hybridized carbons (Fsp3) is 0.600. The monoisotopic (exact) mass is 283 g/mol. The van der Waals surface area contributed by atoms with E-state index in [1.807, 2.05) is 12.1 Å². The Hall–Kier alpha value is -0.930. The van der Waals surface area contributed by atoms with Crippen molar-refractivity contribution in [2.24, 2.45) is 5.73 Å². The molecule has 0 aromatic heterocycles. The predicted octanol–water partition coefficient (Wildman–Crippen LogP) is 3.73. The van der Waals surface area contributed by atoms with Crippen LogP contribution in [0.3, 0.4) is 0 Å². The second-order valence-electron chi connectivity index (χ2n) is 5.19. The minimum absolute atomic E-state index is 0.210. The first-order valence-electron chi connectivity index (χ1n) is 6.89. The Labute approximate surface area is 120 Å². The number of hydrogen-bond donors (Lipinski definition) is 1. The summed E-state index contributed by atoms with van der Waals surface area (Å²) < 4.78 is 11.4. The van der Waals surface area contributed by atoms with Gasteiger partial charge < -0.3 is 15.2 Å². The zero-order chi connectivity index (χ0) is 13.8. The van der Waals surface area contributed by atoms with E-state index in [9.17, 15) is 0 Å². The maximum Gasteiger partial charge on any atom is 0.163 e. The molecule has 1 saturated carbocycles. The summed E-state index contributed by atoms with van der Waals surface area (Å²) in [4.78, 5) is 0. The van der Waals surface area contributed by atoms with Crippen LogP contribution in [0.25, 0.3) is 0 Å². The highest BCUT2D eigenvalue weighted by Crippen LogP contribution is 2.38. The molecule has 1 aromatic carbocycles. The topological polar surface area (TPSA) is 44.5 Å². The largest absolute Gasteiger partial charge is 0.493 e. The molecule has 106 valence electrons. The van der Waals surface area contributed by atoms with Gasteiger partial charge in [-0.25, -0.2) is 0 Å². The maximum absolute atomic E-state index is 6.33. The number of hydrogen-bond acceptors (Lipinski definition) is 3. The molecule has 1 atom stereocenters. The number of benzene rings is 1. The van der Waals surface area contributed by atoms with E-state index in [1.165, 1.54) is 12.8 Å². The van der Waals surface area contributed by atoms with Gasteiger partial charge in [0, 0.05) is 11.1 Å². The summed E-state index contributed by atoms with van der Waals surface area (Å²) in [5.74, 6) is 1.70. The summed E-state index contributed by atoms with van der Waals surface area (Å²) in [6, 6.07) is 3.81. The first-order valence-corrected chi connectivity index (χ1v) is 7.27. The zero-order valence-electron chi connectivity index (χ0n) is 11.6. The number of halogens is 1. The quantitative estimate of drug-likeness (QED) is 0.895. The second-order valence-corrected chi connectivity index (χ2v) is 5.59. The van der Waals surface area contributed by atoms with Gasteiger partial charge in [0.05, 0.1) is 13.2 Å². The van der Waals surface area contributed by atoms with Gasteiger partial charge in [-0.3, -0.25) is 0 Å². The summed E-state index contributed by atoms with van der Waals surface area (Å²) in [6.45, 7) is 2.61. The van der Waals surface area contributed by atoms with Crippen molar-refractivity contribution in [3.05, 3.63) is 22.7 Å². The summed E-state index contributed by atoms with van der Waals surface area (Å²) in [5.41, 5.74) is 6.72. The van der Waals surface area contributed by atoms with E-state index >= 15 is 0 Å². The van der Waals surface area contributed by atoms with Crippen LogP contribution in [0.5, 0.6) is 11.5 Å².